The summed E-state index contributed by atoms with van der Waals surface area (Å²) in [5.41, 5.74) is 0. The van der Waals surface area contributed by atoms with E-state index in [1.165, 1.54) is 13.1 Å². The minimum absolute atomic E-state index is 0.281. The van der Waals surface area contributed by atoms with E-state index in [9.17, 15) is 9.59 Å². The van der Waals surface area contributed by atoms with Gasteiger partial charge in [-0.2, -0.15) is 0 Å². The van der Waals surface area contributed by atoms with Crippen molar-refractivity contribution in [1.82, 2.24) is 4.90 Å². The van der Waals surface area contributed by atoms with E-state index >= 15 is 0 Å². The molecule has 0 aromatic rings. The second-order valence-electron chi connectivity index (χ2n) is 1.87. The largest absolute Gasteiger partial charge is 0.285 e. The third kappa shape index (κ3) is 3.02. The van der Waals surface area contributed by atoms with Crippen molar-refractivity contribution < 1.29 is 9.59 Å². The molecular weight excluding hydrogens is 130 g/mol. The van der Waals surface area contributed by atoms with Gasteiger partial charge < -0.3 is 0 Å². The lowest BCUT2D eigenvalue weighted by Crippen LogP contribution is -2.22. The molecule has 56 valence electrons. The fourth-order valence-electron chi connectivity index (χ4n) is 0.388. The highest BCUT2D eigenvalue weighted by molar-refractivity contribution is 5.94. The smallest absolute Gasteiger partial charge is 0.252 e. The van der Waals surface area contributed by atoms with E-state index in [1.54, 1.807) is 6.08 Å². The van der Waals surface area contributed by atoms with Crippen LogP contribution >= 0.6 is 0 Å². The zero-order valence-electron chi connectivity index (χ0n) is 6.20. The lowest BCUT2D eigenvalue weighted by Gasteiger charge is -2.02. The quantitative estimate of drug-likeness (QED) is 0.425. The molecule has 2 amide bonds. The van der Waals surface area contributed by atoms with Crippen molar-refractivity contribution in [2.75, 3.05) is 7.05 Å². The van der Waals surface area contributed by atoms with Gasteiger partial charge >= 0.3 is 0 Å². The highest BCUT2D eigenvalue weighted by atomic mass is 16.2. The fourth-order valence-corrected chi connectivity index (χ4v) is 0.388. The van der Waals surface area contributed by atoms with E-state index in [0.717, 1.165) is 11.3 Å². The Balaban J connectivity index is 3.84. The van der Waals surface area contributed by atoms with Gasteiger partial charge in [0, 0.05) is 7.05 Å². The molecule has 3 heteroatoms. The number of carbonyl (C=O) groups is 2. The van der Waals surface area contributed by atoms with E-state index in [1.807, 2.05) is 6.92 Å². The molecular formula is C7H11NO2. The van der Waals surface area contributed by atoms with Crippen molar-refractivity contribution >= 4 is 12.3 Å². The van der Waals surface area contributed by atoms with Gasteiger partial charge in [0.15, 0.2) is 0 Å². The van der Waals surface area contributed by atoms with Crippen LogP contribution in [0.5, 0.6) is 0 Å². The second-order valence-corrected chi connectivity index (χ2v) is 1.87. The molecule has 0 unspecified atom stereocenters. The van der Waals surface area contributed by atoms with Crippen molar-refractivity contribution in [3.63, 3.8) is 0 Å². The Morgan fingerprint density at radius 1 is 1.60 bits per heavy atom. The Kier molecular flexibility index (Phi) is 4.20. The van der Waals surface area contributed by atoms with Crippen molar-refractivity contribution in [1.29, 1.82) is 0 Å². The van der Waals surface area contributed by atoms with Crippen molar-refractivity contribution in [2.45, 2.75) is 13.3 Å². The predicted molar refractivity (Wildman–Crippen MR) is 38.3 cm³/mol. The van der Waals surface area contributed by atoms with Crippen LogP contribution in [0.2, 0.25) is 0 Å². The molecule has 0 aromatic carbocycles. The van der Waals surface area contributed by atoms with Crippen LogP contribution in [-0.2, 0) is 9.59 Å². The summed E-state index contributed by atoms with van der Waals surface area (Å²) in [4.78, 5) is 21.7. The molecule has 0 aromatic heterocycles. The second kappa shape index (κ2) is 4.73. The first-order valence-electron chi connectivity index (χ1n) is 3.11. The number of likely N-dealkylation sites (N-methyl/N-ethyl adjacent to an activating group) is 1. The average molecular weight is 141 g/mol. The van der Waals surface area contributed by atoms with Gasteiger partial charge in [-0.15, -0.1) is 0 Å². The van der Waals surface area contributed by atoms with Crippen LogP contribution in [0.3, 0.4) is 0 Å². The highest BCUT2D eigenvalue weighted by Crippen LogP contribution is 1.84. The van der Waals surface area contributed by atoms with Crippen LogP contribution in [0.25, 0.3) is 0 Å². The summed E-state index contributed by atoms with van der Waals surface area (Å²) in [6.07, 6.45) is 4.39. The molecule has 10 heavy (non-hydrogen) atoms. The van der Waals surface area contributed by atoms with E-state index in [-0.39, 0.29) is 5.91 Å². The monoisotopic (exact) mass is 141 g/mol. The third-order valence-corrected chi connectivity index (χ3v) is 1.00. The first-order valence-corrected chi connectivity index (χ1v) is 3.11. The molecule has 0 fully saturated rings. The molecule has 0 atom stereocenters. The predicted octanol–water partition coefficient (Wildman–Crippen LogP) is 0.567. The average Bonchev–Trinajstić information content (AvgIpc) is 1.98. The Hall–Kier alpha value is -1.12. The summed E-state index contributed by atoms with van der Waals surface area (Å²) < 4.78 is 0. The molecule has 0 radical (unpaired) electrons. The molecule has 3 nitrogen and oxygen atoms in total. The number of imide groups is 1. The standard InChI is InChI=1S/C7H11NO2/c1-3-4-5-7(10)8(2)6-9/h4-6H,3H2,1-2H3/b5-4+. The number of rotatable bonds is 3. The van der Waals surface area contributed by atoms with Gasteiger partial charge in [0.05, 0.1) is 0 Å². The summed E-state index contributed by atoms with van der Waals surface area (Å²) in [5, 5.41) is 0. The van der Waals surface area contributed by atoms with E-state index < -0.39 is 0 Å². The minimum atomic E-state index is -0.281. The van der Waals surface area contributed by atoms with Crippen LogP contribution in [0, 0.1) is 0 Å². The molecule has 0 aliphatic carbocycles. The van der Waals surface area contributed by atoms with Gasteiger partial charge in [0.2, 0.25) is 6.41 Å². The molecule has 0 aliphatic heterocycles. The Bertz CT molecular complexity index is 152. The normalized spacial score (nSPS) is 9.80. The SMILES string of the molecule is CC/C=C/C(=O)N(C)C=O. The molecule has 0 heterocycles. The Labute approximate surface area is 60.3 Å². The van der Waals surface area contributed by atoms with E-state index in [2.05, 4.69) is 0 Å². The highest BCUT2D eigenvalue weighted by Gasteiger charge is 1.99. The van der Waals surface area contributed by atoms with Gasteiger partial charge in [0.1, 0.15) is 0 Å². The number of amides is 2. The summed E-state index contributed by atoms with van der Waals surface area (Å²) in [5.74, 6) is -0.281. The topological polar surface area (TPSA) is 37.4 Å². The molecule has 0 bridgehead atoms. The van der Waals surface area contributed by atoms with Gasteiger partial charge in [0.25, 0.3) is 5.91 Å². The van der Waals surface area contributed by atoms with Crippen LogP contribution < -0.4 is 0 Å². The Morgan fingerprint density at radius 3 is 2.60 bits per heavy atom. The number of carbonyl (C=O) groups excluding carboxylic acids is 2. The third-order valence-electron chi connectivity index (χ3n) is 1.00. The molecule has 0 spiro atoms. The summed E-state index contributed by atoms with van der Waals surface area (Å²) in [6.45, 7) is 1.92. The fraction of sp³-hybridized carbons (Fsp3) is 0.429. The molecule has 0 aliphatic rings. The van der Waals surface area contributed by atoms with Crippen LogP contribution in [0.15, 0.2) is 12.2 Å². The zero-order valence-corrected chi connectivity index (χ0v) is 6.20. The van der Waals surface area contributed by atoms with Gasteiger partial charge in [-0.05, 0) is 12.5 Å². The lowest BCUT2D eigenvalue weighted by molar-refractivity contribution is -0.132. The number of allylic oxidation sites excluding steroid dienone is 1. The zero-order chi connectivity index (χ0) is 7.98. The van der Waals surface area contributed by atoms with Gasteiger partial charge in [-0.3, -0.25) is 14.5 Å². The minimum Gasteiger partial charge on any atom is -0.285 e. The van der Waals surface area contributed by atoms with Crippen LogP contribution in [0.4, 0.5) is 0 Å². The van der Waals surface area contributed by atoms with Crippen molar-refractivity contribution in [3.05, 3.63) is 12.2 Å². The summed E-state index contributed by atoms with van der Waals surface area (Å²) >= 11 is 0. The van der Waals surface area contributed by atoms with Crippen molar-refractivity contribution in [2.24, 2.45) is 0 Å². The van der Waals surface area contributed by atoms with Crippen molar-refractivity contribution in [3.8, 4) is 0 Å². The van der Waals surface area contributed by atoms with E-state index in [4.69, 9.17) is 0 Å². The number of hydrogen-bond donors (Lipinski definition) is 0. The Morgan fingerprint density at radius 2 is 2.20 bits per heavy atom. The summed E-state index contributed by atoms with van der Waals surface area (Å²) in [7, 11) is 1.43. The first-order chi connectivity index (χ1) is 4.72. The van der Waals surface area contributed by atoms with Gasteiger partial charge in [-0.25, -0.2) is 0 Å². The lowest BCUT2D eigenvalue weighted by atomic mass is 10.4. The molecule has 0 rings (SSSR count). The maximum absolute atomic E-state index is 10.7. The van der Waals surface area contributed by atoms with Crippen LogP contribution in [-0.4, -0.2) is 24.3 Å². The van der Waals surface area contributed by atoms with Crippen LogP contribution in [0.1, 0.15) is 13.3 Å². The van der Waals surface area contributed by atoms with Gasteiger partial charge in [-0.1, -0.05) is 13.0 Å². The maximum Gasteiger partial charge on any atom is 0.252 e. The van der Waals surface area contributed by atoms with E-state index in [0.29, 0.717) is 6.41 Å². The molecule has 0 N–H and O–H groups in total. The first kappa shape index (κ1) is 8.88. The molecule has 0 saturated carbocycles. The maximum atomic E-state index is 10.7. The summed E-state index contributed by atoms with van der Waals surface area (Å²) in [6, 6.07) is 0. The number of nitrogens with zero attached hydrogens (tertiary/aromatic N) is 1. The molecule has 0 saturated heterocycles. The number of hydrogen-bond acceptors (Lipinski definition) is 2.